The molecule has 1 amide bonds. The van der Waals surface area contributed by atoms with E-state index in [1.54, 1.807) is 6.07 Å². The van der Waals surface area contributed by atoms with E-state index in [0.29, 0.717) is 22.9 Å². The first-order chi connectivity index (χ1) is 9.22. The average Bonchev–Trinajstić information content (AvgIpc) is 2.41. The summed E-state index contributed by atoms with van der Waals surface area (Å²) in [4.78, 5) is 11.3. The zero-order chi connectivity index (χ0) is 13.2. The number of amides is 1. The third kappa shape index (κ3) is 2.71. The Bertz CT molecular complexity index is 498. The Morgan fingerprint density at radius 3 is 2.89 bits per heavy atom. The number of ether oxygens (including phenoxy) is 1. The second-order valence-electron chi connectivity index (χ2n) is 5.17. The van der Waals surface area contributed by atoms with E-state index in [2.05, 4.69) is 10.6 Å². The van der Waals surface area contributed by atoms with Gasteiger partial charge in [0.25, 0.3) is 5.91 Å². The number of carbonyl (C=O) groups excluding carboxylic acids is 1. The molecule has 0 radical (unpaired) electrons. The van der Waals surface area contributed by atoms with Crippen molar-refractivity contribution in [1.82, 2.24) is 5.32 Å². The van der Waals surface area contributed by atoms with E-state index in [1.807, 2.05) is 0 Å². The van der Waals surface area contributed by atoms with Gasteiger partial charge in [-0.15, -0.1) is 0 Å². The lowest BCUT2D eigenvalue weighted by molar-refractivity contribution is -0.118. The Hall–Kier alpha value is -1.62. The molecule has 0 saturated carbocycles. The van der Waals surface area contributed by atoms with Gasteiger partial charge in [-0.25, -0.2) is 4.39 Å². The van der Waals surface area contributed by atoms with Crippen molar-refractivity contribution < 1.29 is 13.9 Å². The average molecular weight is 264 g/mol. The van der Waals surface area contributed by atoms with Gasteiger partial charge < -0.3 is 15.4 Å². The van der Waals surface area contributed by atoms with Crippen molar-refractivity contribution in [1.29, 1.82) is 0 Å². The minimum absolute atomic E-state index is 0.0416. The number of halogens is 1. The maximum atomic E-state index is 14.0. The number of piperidine rings is 1. The molecule has 2 aliphatic heterocycles. The van der Waals surface area contributed by atoms with Crippen LogP contribution in [0, 0.1) is 11.7 Å². The predicted octanol–water partition coefficient (Wildman–Crippen LogP) is 1.70. The Kier molecular flexibility index (Phi) is 3.38. The normalized spacial score (nSPS) is 19.5. The molecule has 0 atom stereocenters. The molecule has 0 aromatic heterocycles. The van der Waals surface area contributed by atoms with Crippen LogP contribution in [0.4, 0.5) is 10.1 Å². The minimum atomic E-state index is -0.242. The molecule has 0 aliphatic carbocycles. The monoisotopic (exact) mass is 264 g/mol. The van der Waals surface area contributed by atoms with Crippen molar-refractivity contribution in [3.63, 3.8) is 0 Å². The number of fused-ring (bicyclic) bond motifs is 1. The molecule has 1 fully saturated rings. The molecule has 2 heterocycles. The molecule has 4 nitrogen and oxygen atoms in total. The van der Waals surface area contributed by atoms with Crippen molar-refractivity contribution in [2.24, 2.45) is 5.92 Å². The molecule has 102 valence electrons. The van der Waals surface area contributed by atoms with Gasteiger partial charge in [-0.1, -0.05) is 0 Å². The second-order valence-corrected chi connectivity index (χ2v) is 5.17. The smallest absolute Gasteiger partial charge is 0.262 e. The molecule has 1 aromatic rings. The second kappa shape index (κ2) is 5.17. The summed E-state index contributed by atoms with van der Waals surface area (Å²) in [6.45, 7) is 1.95. The molecule has 1 saturated heterocycles. The number of carbonyl (C=O) groups is 1. The first kappa shape index (κ1) is 12.4. The van der Waals surface area contributed by atoms with Gasteiger partial charge in [0, 0.05) is 6.07 Å². The summed E-state index contributed by atoms with van der Waals surface area (Å²) in [6, 6.07) is 3.09. The third-order valence-electron chi connectivity index (χ3n) is 3.75. The van der Waals surface area contributed by atoms with Gasteiger partial charge in [0.1, 0.15) is 11.6 Å². The molecule has 0 bridgehead atoms. The lowest BCUT2D eigenvalue weighted by Gasteiger charge is -2.24. The molecule has 2 aliphatic rings. The van der Waals surface area contributed by atoms with Crippen LogP contribution in [0.2, 0.25) is 0 Å². The summed E-state index contributed by atoms with van der Waals surface area (Å²) >= 11 is 0. The Morgan fingerprint density at radius 2 is 2.11 bits per heavy atom. The summed E-state index contributed by atoms with van der Waals surface area (Å²) in [6.07, 6.45) is 2.86. The molecule has 0 unspecified atom stereocenters. The molecule has 1 aromatic carbocycles. The topological polar surface area (TPSA) is 50.4 Å². The highest BCUT2D eigenvalue weighted by molar-refractivity contribution is 5.95. The predicted molar refractivity (Wildman–Crippen MR) is 69.8 cm³/mol. The van der Waals surface area contributed by atoms with Crippen LogP contribution in [0.3, 0.4) is 0 Å². The van der Waals surface area contributed by atoms with Gasteiger partial charge >= 0.3 is 0 Å². The summed E-state index contributed by atoms with van der Waals surface area (Å²) in [7, 11) is 0. The van der Waals surface area contributed by atoms with E-state index < -0.39 is 0 Å². The van der Waals surface area contributed by atoms with Crippen molar-refractivity contribution in [3.8, 4) is 5.75 Å². The fourth-order valence-electron chi connectivity index (χ4n) is 2.70. The zero-order valence-corrected chi connectivity index (χ0v) is 10.7. The zero-order valence-electron chi connectivity index (χ0n) is 10.7. The molecule has 5 heteroatoms. The maximum Gasteiger partial charge on any atom is 0.262 e. The van der Waals surface area contributed by atoms with Crippen molar-refractivity contribution >= 4 is 11.6 Å². The van der Waals surface area contributed by atoms with Crippen molar-refractivity contribution in [3.05, 3.63) is 23.5 Å². The van der Waals surface area contributed by atoms with Gasteiger partial charge in [0.15, 0.2) is 6.61 Å². The summed E-state index contributed by atoms with van der Waals surface area (Å²) in [5, 5.41) is 6.02. The van der Waals surface area contributed by atoms with Crippen LogP contribution in [-0.2, 0) is 11.2 Å². The van der Waals surface area contributed by atoms with Crippen LogP contribution < -0.4 is 15.4 Å². The number of rotatable bonds is 2. The Labute approximate surface area is 111 Å². The van der Waals surface area contributed by atoms with Gasteiger partial charge in [0.05, 0.1) is 5.69 Å². The van der Waals surface area contributed by atoms with E-state index >= 15 is 0 Å². The van der Waals surface area contributed by atoms with Crippen LogP contribution in [-0.4, -0.2) is 25.6 Å². The Morgan fingerprint density at radius 1 is 1.32 bits per heavy atom. The van der Waals surface area contributed by atoms with Gasteiger partial charge in [-0.2, -0.15) is 0 Å². The summed E-state index contributed by atoms with van der Waals surface area (Å²) in [5.41, 5.74) is 1.25. The van der Waals surface area contributed by atoms with E-state index in [0.717, 1.165) is 32.4 Å². The van der Waals surface area contributed by atoms with E-state index in [1.165, 1.54) is 6.07 Å². The SMILES string of the molecule is O=C1COc2cc(F)c(CC3CCNCC3)cc2N1. The first-order valence-corrected chi connectivity index (χ1v) is 6.68. The molecule has 3 rings (SSSR count). The van der Waals surface area contributed by atoms with Crippen molar-refractivity contribution in [2.75, 3.05) is 25.0 Å². The van der Waals surface area contributed by atoms with Crippen LogP contribution >= 0.6 is 0 Å². The lowest BCUT2D eigenvalue weighted by Crippen LogP contribution is -2.29. The number of benzene rings is 1. The van der Waals surface area contributed by atoms with E-state index in [4.69, 9.17) is 4.74 Å². The highest BCUT2D eigenvalue weighted by Crippen LogP contribution is 2.32. The maximum absolute atomic E-state index is 14.0. The fourth-order valence-corrected chi connectivity index (χ4v) is 2.70. The highest BCUT2D eigenvalue weighted by Gasteiger charge is 2.21. The van der Waals surface area contributed by atoms with Crippen LogP contribution in [0.1, 0.15) is 18.4 Å². The number of nitrogens with one attached hydrogen (secondary N) is 2. The summed E-state index contributed by atoms with van der Waals surface area (Å²) < 4.78 is 19.2. The third-order valence-corrected chi connectivity index (χ3v) is 3.75. The van der Waals surface area contributed by atoms with Crippen molar-refractivity contribution in [2.45, 2.75) is 19.3 Å². The molecule has 19 heavy (non-hydrogen) atoms. The summed E-state index contributed by atoms with van der Waals surface area (Å²) in [5.74, 6) is 0.500. The van der Waals surface area contributed by atoms with Gasteiger partial charge in [0.2, 0.25) is 0 Å². The number of hydrogen-bond acceptors (Lipinski definition) is 3. The number of anilines is 1. The number of hydrogen-bond donors (Lipinski definition) is 2. The highest BCUT2D eigenvalue weighted by atomic mass is 19.1. The fraction of sp³-hybridized carbons (Fsp3) is 0.500. The standard InChI is InChI=1S/C14H17FN2O2/c15-11-7-13-12(17-14(18)8-19-13)6-10(11)5-9-1-3-16-4-2-9/h6-7,9,16H,1-5,8H2,(H,17,18). The molecule has 2 N–H and O–H groups in total. The largest absolute Gasteiger partial charge is 0.481 e. The lowest BCUT2D eigenvalue weighted by atomic mass is 9.90. The van der Waals surface area contributed by atoms with Gasteiger partial charge in [-0.05, 0) is 49.9 Å². The molecule has 0 spiro atoms. The van der Waals surface area contributed by atoms with Crippen LogP contribution in [0.25, 0.3) is 0 Å². The quantitative estimate of drug-likeness (QED) is 0.854. The van der Waals surface area contributed by atoms with E-state index in [9.17, 15) is 9.18 Å². The van der Waals surface area contributed by atoms with Crippen LogP contribution in [0.15, 0.2) is 12.1 Å². The Balaban J connectivity index is 1.80. The molecular weight excluding hydrogens is 247 g/mol. The van der Waals surface area contributed by atoms with Crippen LogP contribution in [0.5, 0.6) is 5.75 Å². The van der Waals surface area contributed by atoms with E-state index in [-0.39, 0.29) is 18.3 Å². The minimum Gasteiger partial charge on any atom is -0.481 e. The molecular formula is C14H17FN2O2. The van der Waals surface area contributed by atoms with Gasteiger partial charge in [-0.3, -0.25) is 4.79 Å². The first-order valence-electron chi connectivity index (χ1n) is 6.68.